The maximum atomic E-state index is 11.8. The standard InChI is InChI=1S/C11H13N3O5/c12-8-2-1-6(14(18)19)5-7(8)10(15)4-3-9(13)11(16)17/h1-2,5,9H,3-4,12-13H2,(H,16,17)/t9-/m0/s1. The maximum Gasteiger partial charge on any atom is 0.320 e. The second kappa shape index (κ2) is 5.91. The number of Topliss-reactive ketones (excluding diaryl/α,β-unsaturated/α-hetero) is 1. The highest BCUT2D eigenvalue weighted by Crippen LogP contribution is 2.21. The molecule has 0 saturated carbocycles. The van der Waals surface area contributed by atoms with E-state index in [-0.39, 0.29) is 29.8 Å². The third-order valence-electron chi connectivity index (χ3n) is 2.55. The van der Waals surface area contributed by atoms with Gasteiger partial charge in [0, 0.05) is 29.8 Å². The van der Waals surface area contributed by atoms with Crippen LogP contribution in [0, 0.1) is 10.1 Å². The van der Waals surface area contributed by atoms with E-state index >= 15 is 0 Å². The molecule has 0 aliphatic rings. The van der Waals surface area contributed by atoms with Crippen molar-refractivity contribution in [3.63, 3.8) is 0 Å². The second-order valence-corrected chi connectivity index (χ2v) is 3.94. The SMILES string of the molecule is Nc1ccc([N+](=O)[O-])cc1C(=O)CC[C@H](N)C(=O)O. The first-order chi connectivity index (χ1) is 8.82. The number of nitrogen functional groups attached to an aromatic ring is 1. The van der Waals surface area contributed by atoms with Crippen molar-refractivity contribution >= 4 is 23.1 Å². The van der Waals surface area contributed by atoms with Crippen molar-refractivity contribution in [2.24, 2.45) is 5.73 Å². The monoisotopic (exact) mass is 267 g/mol. The summed E-state index contributed by atoms with van der Waals surface area (Å²) < 4.78 is 0. The van der Waals surface area contributed by atoms with Gasteiger partial charge in [-0.15, -0.1) is 0 Å². The fourth-order valence-corrected chi connectivity index (χ4v) is 1.44. The van der Waals surface area contributed by atoms with Crippen molar-refractivity contribution in [2.45, 2.75) is 18.9 Å². The van der Waals surface area contributed by atoms with Crippen molar-refractivity contribution in [1.29, 1.82) is 0 Å². The number of aliphatic carboxylic acids is 1. The molecule has 0 amide bonds. The summed E-state index contributed by atoms with van der Waals surface area (Å²) in [4.78, 5) is 32.3. The number of carboxylic acids is 1. The van der Waals surface area contributed by atoms with Crippen LogP contribution >= 0.6 is 0 Å². The normalized spacial score (nSPS) is 11.8. The molecule has 0 bridgehead atoms. The average Bonchev–Trinajstić information content (AvgIpc) is 2.35. The summed E-state index contributed by atoms with van der Waals surface area (Å²) >= 11 is 0. The van der Waals surface area contributed by atoms with E-state index in [9.17, 15) is 19.7 Å². The lowest BCUT2D eigenvalue weighted by molar-refractivity contribution is -0.384. The Balaban J connectivity index is 2.84. The van der Waals surface area contributed by atoms with E-state index in [1.165, 1.54) is 12.1 Å². The zero-order valence-corrected chi connectivity index (χ0v) is 9.91. The first-order valence-electron chi connectivity index (χ1n) is 5.38. The number of nitro groups is 1. The lowest BCUT2D eigenvalue weighted by Gasteiger charge is -2.07. The van der Waals surface area contributed by atoms with Crippen molar-refractivity contribution in [1.82, 2.24) is 0 Å². The molecule has 1 aromatic rings. The number of nitrogens with zero attached hydrogens (tertiary/aromatic N) is 1. The van der Waals surface area contributed by atoms with Gasteiger partial charge in [0.1, 0.15) is 6.04 Å². The molecule has 0 aliphatic heterocycles. The van der Waals surface area contributed by atoms with Crippen LogP contribution in [0.5, 0.6) is 0 Å². The Morgan fingerprint density at radius 2 is 2.05 bits per heavy atom. The second-order valence-electron chi connectivity index (χ2n) is 3.94. The molecule has 8 nitrogen and oxygen atoms in total. The number of carboxylic acid groups (broad SMARTS) is 1. The van der Waals surface area contributed by atoms with Crippen LogP contribution in [0.4, 0.5) is 11.4 Å². The van der Waals surface area contributed by atoms with Crippen LogP contribution in [0.3, 0.4) is 0 Å². The average molecular weight is 267 g/mol. The van der Waals surface area contributed by atoms with Gasteiger partial charge in [-0.1, -0.05) is 0 Å². The fraction of sp³-hybridized carbons (Fsp3) is 0.273. The van der Waals surface area contributed by atoms with Gasteiger partial charge in [-0.2, -0.15) is 0 Å². The van der Waals surface area contributed by atoms with Crippen LogP contribution in [-0.4, -0.2) is 27.8 Å². The Labute approximate surface area is 108 Å². The molecule has 0 unspecified atom stereocenters. The number of anilines is 1. The highest BCUT2D eigenvalue weighted by Gasteiger charge is 2.18. The first kappa shape index (κ1) is 14.6. The molecule has 0 radical (unpaired) electrons. The molecule has 102 valence electrons. The van der Waals surface area contributed by atoms with Gasteiger partial charge in [0.2, 0.25) is 0 Å². The minimum absolute atomic E-state index is 0.00629. The van der Waals surface area contributed by atoms with E-state index in [0.29, 0.717) is 0 Å². The lowest BCUT2D eigenvalue weighted by atomic mass is 10.0. The number of nitrogens with two attached hydrogens (primary N) is 2. The topological polar surface area (TPSA) is 150 Å². The zero-order chi connectivity index (χ0) is 14.6. The number of ketones is 1. The third-order valence-corrected chi connectivity index (χ3v) is 2.55. The smallest absolute Gasteiger partial charge is 0.320 e. The molecule has 0 heterocycles. The number of hydrogen-bond acceptors (Lipinski definition) is 6. The van der Waals surface area contributed by atoms with Crippen LogP contribution < -0.4 is 11.5 Å². The molecule has 0 saturated heterocycles. The minimum Gasteiger partial charge on any atom is -0.480 e. The molecule has 0 aliphatic carbocycles. The number of benzene rings is 1. The van der Waals surface area contributed by atoms with Gasteiger partial charge in [-0.3, -0.25) is 19.7 Å². The van der Waals surface area contributed by atoms with E-state index in [4.69, 9.17) is 16.6 Å². The number of rotatable bonds is 6. The highest BCUT2D eigenvalue weighted by atomic mass is 16.6. The molecule has 8 heteroatoms. The highest BCUT2D eigenvalue weighted by molar-refractivity contribution is 6.01. The summed E-state index contributed by atoms with van der Waals surface area (Å²) in [5.74, 6) is -1.68. The molecule has 19 heavy (non-hydrogen) atoms. The molecule has 0 fully saturated rings. The Hall–Kier alpha value is -2.48. The van der Waals surface area contributed by atoms with E-state index in [0.717, 1.165) is 6.07 Å². The van der Waals surface area contributed by atoms with Crippen LogP contribution in [0.25, 0.3) is 0 Å². The van der Waals surface area contributed by atoms with E-state index in [1.54, 1.807) is 0 Å². The Kier molecular flexibility index (Phi) is 4.54. The van der Waals surface area contributed by atoms with Gasteiger partial charge >= 0.3 is 5.97 Å². The quantitative estimate of drug-likeness (QED) is 0.295. The Morgan fingerprint density at radius 1 is 1.42 bits per heavy atom. The third kappa shape index (κ3) is 3.75. The lowest BCUT2D eigenvalue weighted by Crippen LogP contribution is -2.30. The van der Waals surface area contributed by atoms with Gasteiger partial charge in [-0.05, 0) is 12.5 Å². The number of hydrogen-bond donors (Lipinski definition) is 3. The maximum absolute atomic E-state index is 11.8. The van der Waals surface area contributed by atoms with Crippen LogP contribution in [0.15, 0.2) is 18.2 Å². The zero-order valence-electron chi connectivity index (χ0n) is 9.91. The summed E-state index contributed by atoms with van der Waals surface area (Å²) in [6, 6.07) is 2.38. The molecular weight excluding hydrogens is 254 g/mol. The fourth-order valence-electron chi connectivity index (χ4n) is 1.44. The summed E-state index contributed by atoms with van der Waals surface area (Å²) in [7, 11) is 0. The predicted molar refractivity (Wildman–Crippen MR) is 66.7 cm³/mol. The molecule has 1 rings (SSSR count). The summed E-state index contributed by atoms with van der Waals surface area (Å²) in [6.07, 6.45) is -0.199. The van der Waals surface area contributed by atoms with Gasteiger partial charge in [0.25, 0.3) is 5.69 Å². The Morgan fingerprint density at radius 3 is 2.58 bits per heavy atom. The van der Waals surface area contributed by atoms with Gasteiger partial charge < -0.3 is 16.6 Å². The van der Waals surface area contributed by atoms with Crippen molar-refractivity contribution < 1.29 is 19.6 Å². The molecular formula is C11H13N3O5. The summed E-state index contributed by atoms with van der Waals surface area (Å²) in [5, 5.41) is 19.2. The first-order valence-corrected chi connectivity index (χ1v) is 5.38. The largest absolute Gasteiger partial charge is 0.480 e. The van der Waals surface area contributed by atoms with Crippen LogP contribution in [-0.2, 0) is 4.79 Å². The van der Waals surface area contributed by atoms with Gasteiger partial charge in [0.05, 0.1) is 4.92 Å². The molecule has 0 spiro atoms. The number of carbonyl (C=O) groups is 2. The van der Waals surface area contributed by atoms with Crippen molar-refractivity contribution in [2.75, 3.05) is 5.73 Å². The van der Waals surface area contributed by atoms with E-state index < -0.39 is 22.7 Å². The number of non-ortho nitro benzene ring substituents is 1. The van der Waals surface area contributed by atoms with Crippen molar-refractivity contribution in [3.8, 4) is 0 Å². The molecule has 1 atom stereocenters. The minimum atomic E-state index is -1.21. The number of carbonyl (C=O) groups excluding carboxylic acids is 1. The summed E-state index contributed by atoms with van der Waals surface area (Å²) in [6.45, 7) is 0. The van der Waals surface area contributed by atoms with E-state index in [2.05, 4.69) is 0 Å². The predicted octanol–water partition coefficient (Wildman–Crippen LogP) is 0.552. The Bertz CT molecular complexity index is 529. The molecule has 5 N–H and O–H groups in total. The molecule has 1 aromatic carbocycles. The van der Waals surface area contributed by atoms with E-state index in [1.807, 2.05) is 0 Å². The van der Waals surface area contributed by atoms with Gasteiger partial charge in [0.15, 0.2) is 5.78 Å². The summed E-state index contributed by atoms with van der Waals surface area (Å²) in [5.41, 5.74) is 10.7. The van der Waals surface area contributed by atoms with Crippen molar-refractivity contribution in [3.05, 3.63) is 33.9 Å². The van der Waals surface area contributed by atoms with Crippen LogP contribution in [0.2, 0.25) is 0 Å². The van der Waals surface area contributed by atoms with Crippen LogP contribution in [0.1, 0.15) is 23.2 Å². The molecule has 0 aromatic heterocycles. The number of nitro benzene ring substituents is 1. The van der Waals surface area contributed by atoms with Gasteiger partial charge in [-0.25, -0.2) is 0 Å².